The Labute approximate surface area is 99.7 Å². The zero-order chi connectivity index (χ0) is 10.3. The topological polar surface area (TPSA) is 77.8 Å². The fourth-order valence-corrected chi connectivity index (χ4v) is 1.19. The molecule has 0 bridgehead atoms. The van der Waals surface area contributed by atoms with Crippen LogP contribution in [0.2, 0.25) is 0 Å². The molecule has 0 aliphatic carbocycles. The molecule has 0 aliphatic rings. The van der Waals surface area contributed by atoms with Crippen LogP contribution in [-0.4, -0.2) is 58.1 Å². The maximum absolute atomic E-state index is 8.97. The number of rotatable bonds is 1. The van der Waals surface area contributed by atoms with Crippen LogP contribution in [0.4, 0.5) is 0 Å². The third kappa shape index (κ3) is 12.7. The van der Waals surface area contributed by atoms with Crippen molar-refractivity contribution >= 4 is 48.0 Å². The van der Waals surface area contributed by atoms with Gasteiger partial charge in [-0.15, -0.1) is 0 Å². The van der Waals surface area contributed by atoms with Gasteiger partial charge in [-0.2, -0.15) is 0 Å². The molecule has 0 aromatic heterocycles. The summed E-state index contributed by atoms with van der Waals surface area (Å²) in [6, 6.07) is 10.6. The van der Waals surface area contributed by atoms with Gasteiger partial charge in [-0.1, -0.05) is 0 Å². The van der Waals surface area contributed by atoms with Crippen LogP contribution in [0.1, 0.15) is 5.56 Å². The Kier molecular flexibility index (Phi) is 7.46. The minimum absolute atomic E-state index is 1.28. The second-order valence-electron chi connectivity index (χ2n) is 2.35. The van der Waals surface area contributed by atoms with E-state index in [-0.39, 0.29) is 0 Å². The molecule has 1 aromatic rings. The Bertz CT molecular complexity index is 263. The van der Waals surface area contributed by atoms with Crippen molar-refractivity contribution in [2.75, 3.05) is 0 Å². The minimum atomic E-state index is -5.35. The van der Waals surface area contributed by atoms with Gasteiger partial charge in [-0.25, -0.2) is 0 Å². The van der Waals surface area contributed by atoms with Gasteiger partial charge in [0.1, 0.15) is 0 Å². The van der Waals surface area contributed by atoms with Crippen molar-refractivity contribution in [3.63, 3.8) is 0 Å². The van der Waals surface area contributed by atoms with E-state index in [1.54, 1.807) is 0 Å². The van der Waals surface area contributed by atoms with Gasteiger partial charge in [-0.05, 0) is 0 Å². The van der Waals surface area contributed by atoms with E-state index < -0.39 is 20.1 Å². The Hall–Kier alpha value is 0.718. The second-order valence-corrected chi connectivity index (χ2v) is 5.99. The molecular formula is C7H10NaO4Sb. The van der Waals surface area contributed by atoms with Gasteiger partial charge in [0, 0.05) is 0 Å². The van der Waals surface area contributed by atoms with Crippen LogP contribution in [0, 0.1) is 0 Å². The van der Waals surface area contributed by atoms with E-state index in [2.05, 4.69) is 30.3 Å². The maximum atomic E-state index is 8.97. The molecule has 0 radical (unpaired) electrons. The molecule has 0 saturated carbocycles. The van der Waals surface area contributed by atoms with E-state index in [0.29, 0.717) is 0 Å². The van der Waals surface area contributed by atoms with Gasteiger partial charge in [0.2, 0.25) is 0 Å². The second kappa shape index (κ2) is 7.07. The van der Waals surface area contributed by atoms with Gasteiger partial charge in [-0.3, -0.25) is 0 Å². The van der Waals surface area contributed by atoms with Gasteiger partial charge < -0.3 is 0 Å². The van der Waals surface area contributed by atoms with Crippen molar-refractivity contribution in [2.45, 2.75) is 3.67 Å². The normalized spacial score (nSPS) is 10.2. The molecule has 0 aliphatic heterocycles. The van der Waals surface area contributed by atoms with Gasteiger partial charge in [0.05, 0.1) is 0 Å². The first-order chi connectivity index (χ1) is 5.93. The zero-order valence-electron chi connectivity index (χ0n) is 7.29. The van der Waals surface area contributed by atoms with E-state index in [4.69, 9.17) is 13.2 Å². The van der Waals surface area contributed by atoms with Crippen LogP contribution >= 0.6 is 0 Å². The Morgan fingerprint density at radius 3 is 1.77 bits per heavy atom. The van der Waals surface area contributed by atoms with Crippen molar-refractivity contribution in [1.29, 1.82) is 0 Å². The predicted octanol–water partition coefficient (Wildman–Crippen LogP) is -0.816. The quantitative estimate of drug-likeness (QED) is 0.593. The van der Waals surface area contributed by atoms with Crippen molar-refractivity contribution < 1.29 is 13.2 Å². The molecule has 0 atom stereocenters. The summed E-state index contributed by atoms with van der Waals surface area (Å²) in [4.78, 5) is 0. The average molecular weight is 303 g/mol. The van der Waals surface area contributed by atoms with E-state index in [1.807, 2.05) is 0 Å². The van der Waals surface area contributed by atoms with Crippen molar-refractivity contribution in [3.8, 4) is 0 Å². The predicted molar refractivity (Wildman–Crippen MR) is 49.0 cm³/mol. The summed E-state index contributed by atoms with van der Waals surface area (Å²) in [7, 11) is 0. The van der Waals surface area contributed by atoms with Crippen LogP contribution in [-0.2, 0) is 6.69 Å². The fraction of sp³-hybridized carbons (Fsp3) is 0.143. The van der Waals surface area contributed by atoms with Crippen molar-refractivity contribution in [2.24, 2.45) is 0 Å². The van der Waals surface area contributed by atoms with E-state index in [9.17, 15) is 0 Å². The number of hydrogen-bond donors (Lipinski definition) is 3. The molecule has 1 rings (SSSR count). The molecule has 0 saturated heterocycles. The monoisotopic (exact) mass is 302 g/mol. The fourth-order valence-electron chi connectivity index (χ4n) is 0.714. The van der Waals surface area contributed by atoms with E-state index >= 15 is 0 Å². The summed E-state index contributed by atoms with van der Waals surface area (Å²) in [5.74, 6) is 0. The van der Waals surface area contributed by atoms with Gasteiger partial charge >= 0.3 is 101 Å². The van der Waals surface area contributed by atoms with Crippen LogP contribution in [0.25, 0.3) is 0 Å². The zero-order valence-corrected chi connectivity index (χ0v) is 11.8. The standard InChI is InChI=1S/C7H7.Na.3H2O.O.Sb/c1-7-5-3-2-4-6-7;;;;;;/h2-6H,1H2;;3*1H2;;/q;;;;;;+3/p-3. The molecule has 3 N–H and O–H groups in total. The third-order valence-electron chi connectivity index (χ3n) is 1.25. The Balaban J connectivity index is 0.000000252. The third-order valence-corrected chi connectivity index (χ3v) is 2.07. The van der Waals surface area contributed by atoms with Crippen LogP contribution < -0.4 is 0 Å². The molecule has 68 valence electrons. The molecule has 0 spiro atoms. The van der Waals surface area contributed by atoms with Gasteiger partial charge in [0.25, 0.3) is 0 Å². The van der Waals surface area contributed by atoms with Crippen LogP contribution in [0.15, 0.2) is 30.3 Å². The molecule has 0 amide bonds. The molecule has 0 heterocycles. The summed E-state index contributed by atoms with van der Waals surface area (Å²) in [6.45, 7) is 0. The SMILES string of the molecule is [Na][CH2]c1ccccc1.[O]=[Sb]([OH])([OH])[OH]. The summed E-state index contributed by atoms with van der Waals surface area (Å²) < 4.78 is 32.1. The van der Waals surface area contributed by atoms with Crippen molar-refractivity contribution in [3.05, 3.63) is 35.9 Å². The number of hydrogen-bond acceptors (Lipinski definition) is 1. The van der Waals surface area contributed by atoms with Crippen LogP contribution in [0.5, 0.6) is 0 Å². The summed E-state index contributed by atoms with van der Waals surface area (Å²) in [5.41, 5.74) is 1.47. The average Bonchev–Trinajstić information content (AvgIpc) is 2.03. The molecule has 6 heteroatoms. The number of benzene rings is 1. The molecule has 13 heavy (non-hydrogen) atoms. The first-order valence-corrected chi connectivity index (χ1v) is 9.64. The summed E-state index contributed by atoms with van der Waals surface area (Å²) in [5, 5.41) is 0. The summed E-state index contributed by atoms with van der Waals surface area (Å²) in [6.07, 6.45) is 0. The Morgan fingerprint density at radius 2 is 1.54 bits per heavy atom. The molecule has 4 nitrogen and oxygen atoms in total. The van der Waals surface area contributed by atoms with Crippen molar-refractivity contribution in [1.82, 2.24) is 0 Å². The molecule has 0 fully saturated rings. The first-order valence-electron chi connectivity index (χ1n) is 3.75. The van der Waals surface area contributed by atoms with Crippen LogP contribution in [0.3, 0.4) is 0 Å². The Morgan fingerprint density at radius 1 is 1.15 bits per heavy atom. The van der Waals surface area contributed by atoms with Gasteiger partial charge in [0.15, 0.2) is 0 Å². The first kappa shape index (κ1) is 13.7. The molecule has 1 aromatic carbocycles. The van der Waals surface area contributed by atoms with E-state index in [1.165, 1.54) is 37.2 Å². The molecule has 0 unspecified atom stereocenters. The van der Waals surface area contributed by atoms with E-state index in [0.717, 1.165) is 0 Å². The summed E-state index contributed by atoms with van der Waals surface area (Å²) >= 11 is -4.07. The molecular weight excluding hydrogens is 293 g/mol.